The molecular weight excluding hydrogens is 473 g/mol. The van der Waals surface area contributed by atoms with Crippen molar-refractivity contribution in [1.29, 1.82) is 0 Å². The summed E-state index contributed by atoms with van der Waals surface area (Å²) in [5, 5.41) is 0. The van der Waals surface area contributed by atoms with Gasteiger partial charge in [-0.1, -0.05) is 0 Å². The third-order valence-corrected chi connectivity index (χ3v) is 0. The second-order valence-electron chi connectivity index (χ2n) is 0. The quantitative estimate of drug-likeness (QED) is 0.469. The molecule has 0 aromatic rings. The van der Waals surface area contributed by atoms with E-state index in [4.69, 9.17) is 0 Å². The molecule has 0 aromatic heterocycles. The van der Waals surface area contributed by atoms with Crippen molar-refractivity contribution < 1.29 is 144 Å². The van der Waals surface area contributed by atoms with Crippen LogP contribution in [0.4, 0.5) is 0 Å². The molecule has 0 atom stereocenters. The molecule has 0 spiro atoms. The number of hydrogen-bond donors (Lipinski definition) is 0. The first-order valence-electron chi connectivity index (χ1n) is 0. The Labute approximate surface area is 165 Å². The third kappa shape index (κ3) is 79.7. The van der Waals surface area contributed by atoms with Gasteiger partial charge in [0, 0.05) is 65.2 Å². The summed E-state index contributed by atoms with van der Waals surface area (Å²) < 4.78 is 0. The molecular formula is N4Ti3Zr3. The molecule has 0 aromatic carbocycles. The van der Waals surface area contributed by atoms with Gasteiger partial charge in [-0.15, -0.1) is 0 Å². The van der Waals surface area contributed by atoms with Crippen LogP contribution in [0.25, 0.3) is 24.6 Å². The van der Waals surface area contributed by atoms with E-state index < -0.39 is 0 Å². The van der Waals surface area contributed by atoms with Crippen LogP contribution in [-0.2, 0) is 144 Å². The molecule has 0 radical (unpaired) electrons. The van der Waals surface area contributed by atoms with Crippen molar-refractivity contribution in [1.82, 2.24) is 0 Å². The van der Waals surface area contributed by atoms with Gasteiger partial charge < -0.3 is 24.6 Å². The first-order valence-corrected chi connectivity index (χ1v) is 0. The van der Waals surface area contributed by atoms with Crippen molar-refractivity contribution in [2.24, 2.45) is 0 Å². The Balaban J connectivity index is 0. The van der Waals surface area contributed by atoms with E-state index in [1.54, 1.807) is 0 Å². The van der Waals surface area contributed by atoms with Crippen molar-refractivity contribution >= 4 is 0 Å². The first-order chi connectivity index (χ1) is 0. The molecule has 4 nitrogen and oxygen atoms in total. The van der Waals surface area contributed by atoms with Crippen LogP contribution in [0.15, 0.2) is 0 Å². The van der Waals surface area contributed by atoms with Crippen LogP contribution in [-0.4, -0.2) is 0 Å². The fourth-order valence-corrected chi connectivity index (χ4v) is 0. The molecule has 0 bridgehead atoms. The molecule has 0 amide bonds. The Morgan fingerprint density at radius 2 is 0.300 bits per heavy atom. The minimum Gasteiger partial charge on any atom is -3.00 e. The van der Waals surface area contributed by atoms with Gasteiger partial charge in [-0.2, -0.15) is 0 Å². The molecule has 0 aliphatic rings. The van der Waals surface area contributed by atoms with Crippen molar-refractivity contribution in [2.75, 3.05) is 0 Å². The van der Waals surface area contributed by atoms with Gasteiger partial charge in [-0.25, -0.2) is 0 Å². The van der Waals surface area contributed by atoms with Crippen LogP contribution in [0.5, 0.6) is 0 Å². The summed E-state index contributed by atoms with van der Waals surface area (Å²) >= 11 is 0. The van der Waals surface area contributed by atoms with Gasteiger partial charge in [0.05, 0.1) is 0 Å². The molecule has 44 valence electrons. The van der Waals surface area contributed by atoms with E-state index in [0.29, 0.717) is 0 Å². The van der Waals surface area contributed by atoms with E-state index in [2.05, 4.69) is 0 Å². The van der Waals surface area contributed by atoms with E-state index >= 15 is 0 Å². The van der Waals surface area contributed by atoms with Gasteiger partial charge in [0.15, 0.2) is 0 Å². The molecule has 0 heterocycles. The molecule has 0 saturated carbocycles. The molecule has 0 unspecified atom stereocenters. The standard InChI is InChI=1S/4N.3Ti.3Zr/q4*-3;;;;3*+4. The summed E-state index contributed by atoms with van der Waals surface area (Å²) in [5.74, 6) is 0. The topological polar surface area (TPSA) is 122 Å². The maximum atomic E-state index is 0. The molecule has 0 aliphatic carbocycles. The molecule has 0 fully saturated rings. The molecule has 0 aliphatic heterocycles. The van der Waals surface area contributed by atoms with Crippen LogP contribution in [0, 0.1) is 0 Å². The summed E-state index contributed by atoms with van der Waals surface area (Å²) in [5.41, 5.74) is 0. The molecule has 0 saturated heterocycles. The Morgan fingerprint density at radius 1 is 0.300 bits per heavy atom. The van der Waals surface area contributed by atoms with Gasteiger partial charge in [0.2, 0.25) is 0 Å². The van der Waals surface area contributed by atoms with E-state index in [1.807, 2.05) is 0 Å². The van der Waals surface area contributed by atoms with Crippen LogP contribution < -0.4 is 0 Å². The fourth-order valence-electron chi connectivity index (χ4n) is 0. The van der Waals surface area contributed by atoms with Gasteiger partial charge in [0.25, 0.3) is 0 Å². The predicted molar refractivity (Wildman–Crippen MR) is 13.4 cm³/mol. The van der Waals surface area contributed by atoms with E-state index in [0.717, 1.165) is 0 Å². The van der Waals surface area contributed by atoms with Crippen LogP contribution in [0.2, 0.25) is 0 Å². The Hall–Kier alpha value is 4.63. The Morgan fingerprint density at radius 3 is 0.300 bits per heavy atom. The van der Waals surface area contributed by atoms with Crippen molar-refractivity contribution in [3.63, 3.8) is 0 Å². The fraction of sp³-hybridized carbons (Fsp3) is 0. The Kier molecular flexibility index (Phi) is 1280. The van der Waals surface area contributed by atoms with Crippen LogP contribution in [0.3, 0.4) is 0 Å². The number of rotatable bonds is 0. The third-order valence-electron chi connectivity index (χ3n) is 0. The minimum absolute atomic E-state index is 0. The smallest absolute Gasteiger partial charge is 3.00 e. The van der Waals surface area contributed by atoms with E-state index in [1.165, 1.54) is 0 Å². The normalized spacial score (nSPS) is 0. The SMILES string of the molecule is [N-3].[N-3].[N-3].[N-3].[Ti].[Ti].[Ti].[Zr+4].[Zr+4].[Zr+4]. The van der Waals surface area contributed by atoms with Crippen molar-refractivity contribution in [2.45, 2.75) is 0 Å². The second-order valence-corrected chi connectivity index (χ2v) is 0. The van der Waals surface area contributed by atoms with E-state index in [-0.39, 0.29) is 168 Å². The minimum atomic E-state index is 0. The maximum absolute atomic E-state index is 0. The van der Waals surface area contributed by atoms with Gasteiger partial charge in [0.1, 0.15) is 0 Å². The second kappa shape index (κ2) is 101. The monoisotopic (exact) mass is 470 g/mol. The Bertz CT molecular complexity index is 15.7. The zero-order valence-corrected chi connectivity index (χ0v) is 16.8. The summed E-state index contributed by atoms with van der Waals surface area (Å²) in [6.07, 6.45) is 0. The van der Waals surface area contributed by atoms with Crippen molar-refractivity contribution in [3.8, 4) is 0 Å². The summed E-state index contributed by atoms with van der Waals surface area (Å²) in [6.45, 7) is 0. The van der Waals surface area contributed by atoms with Crippen LogP contribution >= 0.6 is 0 Å². The summed E-state index contributed by atoms with van der Waals surface area (Å²) in [7, 11) is 0. The summed E-state index contributed by atoms with van der Waals surface area (Å²) in [4.78, 5) is 0. The zero-order valence-electron chi connectivity index (χ0n) is 4.79. The molecule has 0 N–H and O–H groups in total. The molecule has 10 heteroatoms. The maximum Gasteiger partial charge on any atom is 4.00 e. The zero-order chi connectivity index (χ0) is 0. The van der Waals surface area contributed by atoms with Gasteiger partial charge in [-0.3, -0.25) is 0 Å². The van der Waals surface area contributed by atoms with Crippen LogP contribution in [0.1, 0.15) is 0 Å². The van der Waals surface area contributed by atoms with Crippen molar-refractivity contribution in [3.05, 3.63) is 24.6 Å². The number of hydrogen-bond acceptors (Lipinski definition) is 0. The first kappa shape index (κ1) is 127. The average Bonchev–Trinajstić information content (AvgIpc) is 0. The molecule has 10 heavy (non-hydrogen) atoms. The molecule has 0 rings (SSSR count). The summed E-state index contributed by atoms with van der Waals surface area (Å²) in [6, 6.07) is 0. The van der Waals surface area contributed by atoms with Gasteiger partial charge >= 0.3 is 78.6 Å². The number of nitrogens with zero attached hydrogens (tertiary/aromatic N) is 4. The van der Waals surface area contributed by atoms with Gasteiger partial charge in [-0.05, 0) is 0 Å². The predicted octanol–water partition coefficient (Wildman–Crippen LogP) is 1.14. The average molecular weight is 473 g/mol. The largest absolute Gasteiger partial charge is 4.00 e. The van der Waals surface area contributed by atoms with E-state index in [9.17, 15) is 0 Å².